The Kier molecular flexibility index (Phi) is 3.53. The van der Waals surface area contributed by atoms with Crippen molar-refractivity contribution < 1.29 is 4.79 Å². The van der Waals surface area contributed by atoms with Crippen molar-refractivity contribution in [3.05, 3.63) is 29.3 Å². The molecule has 0 aliphatic carbocycles. The van der Waals surface area contributed by atoms with Crippen LogP contribution in [-0.4, -0.2) is 43.7 Å². The second-order valence-electron chi connectivity index (χ2n) is 5.41. The van der Waals surface area contributed by atoms with Gasteiger partial charge in [-0.2, -0.15) is 0 Å². The van der Waals surface area contributed by atoms with Crippen LogP contribution in [0.3, 0.4) is 0 Å². The summed E-state index contributed by atoms with van der Waals surface area (Å²) in [6.07, 6.45) is 2.09. The second-order valence-corrected chi connectivity index (χ2v) is 5.41. The summed E-state index contributed by atoms with van der Waals surface area (Å²) in [5.74, 6) is 0.148. The molecule has 19 heavy (non-hydrogen) atoms. The van der Waals surface area contributed by atoms with Crippen molar-refractivity contribution in [1.82, 2.24) is 10.2 Å². The highest BCUT2D eigenvalue weighted by molar-refractivity contribution is 5.93. The summed E-state index contributed by atoms with van der Waals surface area (Å²) in [7, 11) is 0. The number of anilines is 1. The number of nitrogens with zero attached hydrogens (tertiary/aromatic N) is 2. The first kappa shape index (κ1) is 12.6. The van der Waals surface area contributed by atoms with Gasteiger partial charge in [0.25, 0.3) is 0 Å². The molecule has 3 rings (SSSR count). The fourth-order valence-electron chi connectivity index (χ4n) is 2.97. The molecule has 0 aromatic heterocycles. The van der Waals surface area contributed by atoms with Gasteiger partial charge in [0.15, 0.2) is 0 Å². The van der Waals surface area contributed by atoms with E-state index >= 15 is 0 Å². The minimum Gasteiger partial charge on any atom is -0.312 e. The third-order valence-corrected chi connectivity index (χ3v) is 4.08. The molecular formula is C15H21N3O. The Balaban J connectivity index is 1.66. The van der Waals surface area contributed by atoms with E-state index in [-0.39, 0.29) is 5.91 Å². The molecule has 0 radical (unpaired) electrons. The van der Waals surface area contributed by atoms with Gasteiger partial charge in [-0.25, -0.2) is 0 Å². The van der Waals surface area contributed by atoms with Crippen molar-refractivity contribution in [2.24, 2.45) is 0 Å². The van der Waals surface area contributed by atoms with Gasteiger partial charge in [0, 0.05) is 45.5 Å². The topological polar surface area (TPSA) is 35.6 Å². The predicted molar refractivity (Wildman–Crippen MR) is 76.3 cm³/mol. The molecule has 1 amide bonds. The maximum Gasteiger partial charge on any atom is 0.223 e. The van der Waals surface area contributed by atoms with Gasteiger partial charge in [-0.15, -0.1) is 0 Å². The highest BCUT2D eigenvalue weighted by Gasteiger charge is 2.22. The zero-order valence-corrected chi connectivity index (χ0v) is 11.5. The molecule has 0 bridgehead atoms. The highest BCUT2D eigenvalue weighted by Crippen LogP contribution is 2.29. The minimum atomic E-state index is 0.148. The lowest BCUT2D eigenvalue weighted by Crippen LogP contribution is -2.25. The van der Waals surface area contributed by atoms with E-state index in [0.717, 1.165) is 51.4 Å². The Hall–Kier alpha value is -1.39. The van der Waals surface area contributed by atoms with E-state index < -0.39 is 0 Å². The van der Waals surface area contributed by atoms with Gasteiger partial charge in [0.05, 0.1) is 0 Å². The first-order valence-electron chi connectivity index (χ1n) is 7.07. The number of nitrogens with one attached hydrogen (secondary N) is 1. The zero-order chi connectivity index (χ0) is 13.2. The van der Waals surface area contributed by atoms with Crippen LogP contribution in [0, 0.1) is 0 Å². The van der Waals surface area contributed by atoms with Crippen LogP contribution in [0.5, 0.6) is 0 Å². The summed E-state index contributed by atoms with van der Waals surface area (Å²) in [5, 5.41) is 3.35. The van der Waals surface area contributed by atoms with Crippen LogP contribution in [-0.2, 0) is 17.6 Å². The van der Waals surface area contributed by atoms with Crippen molar-refractivity contribution in [3.8, 4) is 0 Å². The van der Waals surface area contributed by atoms with Crippen LogP contribution in [0.15, 0.2) is 18.2 Å². The van der Waals surface area contributed by atoms with E-state index in [1.54, 1.807) is 6.92 Å². The molecule has 2 heterocycles. The maximum absolute atomic E-state index is 11.5. The summed E-state index contributed by atoms with van der Waals surface area (Å²) in [5.41, 5.74) is 3.82. The quantitative estimate of drug-likeness (QED) is 0.879. The summed E-state index contributed by atoms with van der Waals surface area (Å²) in [6, 6.07) is 6.56. The maximum atomic E-state index is 11.5. The van der Waals surface area contributed by atoms with Gasteiger partial charge in [-0.1, -0.05) is 12.1 Å². The summed E-state index contributed by atoms with van der Waals surface area (Å²) in [4.78, 5) is 15.8. The molecule has 1 aromatic carbocycles. The lowest BCUT2D eigenvalue weighted by Gasteiger charge is -2.16. The summed E-state index contributed by atoms with van der Waals surface area (Å²) >= 11 is 0. The van der Waals surface area contributed by atoms with Gasteiger partial charge >= 0.3 is 0 Å². The van der Waals surface area contributed by atoms with E-state index in [1.165, 1.54) is 11.1 Å². The first-order valence-corrected chi connectivity index (χ1v) is 7.07. The van der Waals surface area contributed by atoms with Crippen LogP contribution < -0.4 is 10.2 Å². The number of benzene rings is 1. The number of hydrogen-bond donors (Lipinski definition) is 1. The molecule has 102 valence electrons. The monoisotopic (exact) mass is 259 g/mol. The molecule has 4 heteroatoms. The molecule has 1 N–H and O–H groups in total. The normalized spacial score (nSPS) is 18.9. The van der Waals surface area contributed by atoms with Crippen LogP contribution in [0.1, 0.15) is 18.1 Å². The molecule has 0 unspecified atom stereocenters. The Morgan fingerprint density at radius 1 is 1.37 bits per heavy atom. The Labute approximate surface area is 114 Å². The number of fused-ring (bicyclic) bond motifs is 1. The number of hydrogen-bond acceptors (Lipinski definition) is 3. The molecule has 2 aliphatic heterocycles. The predicted octanol–water partition coefficient (Wildman–Crippen LogP) is 1.00. The molecule has 1 aromatic rings. The van der Waals surface area contributed by atoms with Gasteiger partial charge in [-0.3, -0.25) is 9.69 Å². The number of carbonyl (C=O) groups excluding carboxylic acids is 1. The smallest absolute Gasteiger partial charge is 0.223 e. The molecule has 0 saturated carbocycles. The SMILES string of the molecule is CC(=O)N1CCc2cc(CCN3CCNC3)ccc21. The third-order valence-electron chi connectivity index (χ3n) is 4.08. The van der Waals surface area contributed by atoms with Crippen molar-refractivity contribution in [1.29, 1.82) is 0 Å². The van der Waals surface area contributed by atoms with E-state index in [4.69, 9.17) is 0 Å². The van der Waals surface area contributed by atoms with Gasteiger partial charge in [0.2, 0.25) is 5.91 Å². The van der Waals surface area contributed by atoms with Crippen LogP contribution >= 0.6 is 0 Å². The first-order chi connectivity index (χ1) is 9.24. The highest BCUT2D eigenvalue weighted by atomic mass is 16.2. The van der Waals surface area contributed by atoms with Crippen molar-refractivity contribution in [3.63, 3.8) is 0 Å². The zero-order valence-electron chi connectivity index (χ0n) is 11.5. The van der Waals surface area contributed by atoms with E-state index in [1.807, 2.05) is 4.90 Å². The minimum absolute atomic E-state index is 0.148. The number of carbonyl (C=O) groups is 1. The molecule has 0 atom stereocenters. The Morgan fingerprint density at radius 3 is 3.00 bits per heavy atom. The van der Waals surface area contributed by atoms with E-state index in [0.29, 0.717) is 0 Å². The lowest BCUT2D eigenvalue weighted by molar-refractivity contribution is -0.116. The largest absolute Gasteiger partial charge is 0.312 e. The molecule has 4 nitrogen and oxygen atoms in total. The van der Waals surface area contributed by atoms with Gasteiger partial charge in [-0.05, 0) is 30.0 Å². The average Bonchev–Trinajstić information content (AvgIpc) is 3.05. The molecular weight excluding hydrogens is 238 g/mol. The number of amides is 1. The van der Waals surface area contributed by atoms with Crippen LogP contribution in [0.4, 0.5) is 5.69 Å². The Morgan fingerprint density at radius 2 is 2.26 bits per heavy atom. The second kappa shape index (κ2) is 5.31. The average molecular weight is 259 g/mol. The van der Waals surface area contributed by atoms with Gasteiger partial charge < -0.3 is 10.2 Å². The number of rotatable bonds is 3. The van der Waals surface area contributed by atoms with E-state index in [2.05, 4.69) is 28.4 Å². The van der Waals surface area contributed by atoms with Crippen molar-refractivity contribution in [2.45, 2.75) is 19.8 Å². The van der Waals surface area contributed by atoms with Crippen LogP contribution in [0.25, 0.3) is 0 Å². The summed E-state index contributed by atoms with van der Waals surface area (Å²) < 4.78 is 0. The van der Waals surface area contributed by atoms with E-state index in [9.17, 15) is 4.79 Å². The van der Waals surface area contributed by atoms with Crippen molar-refractivity contribution in [2.75, 3.05) is 37.7 Å². The summed E-state index contributed by atoms with van der Waals surface area (Å²) in [6.45, 7) is 6.87. The van der Waals surface area contributed by atoms with Gasteiger partial charge in [0.1, 0.15) is 0 Å². The molecule has 2 aliphatic rings. The van der Waals surface area contributed by atoms with Crippen LogP contribution in [0.2, 0.25) is 0 Å². The molecule has 1 saturated heterocycles. The lowest BCUT2D eigenvalue weighted by atomic mass is 10.1. The fourth-order valence-corrected chi connectivity index (χ4v) is 2.97. The van der Waals surface area contributed by atoms with Crippen molar-refractivity contribution >= 4 is 11.6 Å². The molecule has 0 spiro atoms. The molecule has 1 fully saturated rings. The fraction of sp³-hybridized carbons (Fsp3) is 0.533. The standard InChI is InChI=1S/C15H21N3O/c1-12(19)18-8-5-14-10-13(2-3-15(14)18)4-7-17-9-6-16-11-17/h2-3,10,16H,4-9,11H2,1H3. The third kappa shape index (κ3) is 2.65. The Bertz CT molecular complexity index is 480.